The molecule has 128 valence electrons. The highest BCUT2D eigenvalue weighted by Gasteiger charge is 2.16. The van der Waals surface area contributed by atoms with Gasteiger partial charge in [0.25, 0.3) is 0 Å². The predicted molar refractivity (Wildman–Crippen MR) is 107 cm³/mol. The van der Waals surface area contributed by atoms with E-state index in [9.17, 15) is 9.59 Å². The van der Waals surface area contributed by atoms with Crippen molar-refractivity contribution in [3.05, 3.63) is 106 Å². The van der Waals surface area contributed by atoms with Crippen LogP contribution in [0.5, 0.6) is 0 Å². The third-order valence-corrected chi connectivity index (χ3v) is 4.40. The number of carbonyl (C=O) groups is 2. The van der Waals surface area contributed by atoms with E-state index >= 15 is 0 Å². The van der Waals surface area contributed by atoms with Crippen molar-refractivity contribution in [2.75, 3.05) is 0 Å². The van der Waals surface area contributed by atoms with Gasteiger partial charge in [0.05, 0.1) is 0 Å². The topological polar surface area (TPSA) is 34.1 Å². The maximum absolute atomic E-state index is 12.4. The zero-order chi connectivity index (χ0) is 18.5. The van der Waals surface area contributed by atoms with Crippen LogP contribution in [0.25, 0.3) is 12.2 Å². The van der Waals surface area contributed by atoms with E-state index in [1.54, 1.807) is 12.2 Å². The Morgan fingerprint density at radius 2 is 0.962 bits per heavy atom. The zero-order valence-electron chi connectivity index (χ0n) is 14.9. The largest absolute Gasteiger partial charge is 0.289 e. The minimum Gasteiger partial charge on any atom is -0.289 e. The Balaban J connectivity index is 1.78. The van der Waals surface area contributed by atoms with Crippen molar-refractivity contribution in [3.63, 3.8) is 0 Å². The monoisotopic (exact) mass is 340 g/mol. The van der Waals surface area contributed by atoms with E-state index in [2.05, 4.69) is 0 Å². The molecule has 0 saturated heterocycles. The van der Waals surface area contributed by atoms with E-state index in [0.717, 1.165) is 22.3 Å². The molecule has 0 bridgehead atoms. The van der Waals surface area contributed by atoms with Crippen molar-refractivity contribution >= 4 is 23.7 Å². The van der Waals surface area contributed by atoms with Crippen molar-refractivity contribution in [1.29, 1.82) is 0 Å². The highest BCUT2D eigenvalue weighted by atomic mass is 16.1. The number of ketones is 2. The molecule has 0 heterocycles. The Hall–Kier alpha value is -3.26. The first-order valence-corrected chi connectivity index (χ1v) is 8.54. The van der Waals surface area contributed by atoms with Crippen molar-refractivity contribution < 1.29 is 9.59 Å². The molecule has 0 atom stereocenters. The summed E-state index contributed by atoms with van der Waals surface area (Å²) in [6, 6.07) is 15.8. The molecular weight excluding hydrogens is 320 g/mol. The SMILES string of the molecule is Cc1ccccc1C=CC1=CC(=O)C(C=Cc2ccccc2C)=CC1=O. The lowest BCUT2D eigenvalue weighted by Crippen LogP contribution is -2.10. The number of allylic oxidation sites excluding steroid dienone is 6. The first kappa shape index (κ1) is 17.6. The van der Waals surface area contributed by atoms with Gasteiger partial charge in [-0.3, -0.25) is 9.59 Å². The molecule has 0 aliphatic heterocycles. The van der Waals surface area contributed by atoms with Crippen LogP contribution in [0.2, 0.25) is 0 Å². The Bertz CT molecular complexity index is 903. The average Bonchev–Trinajstić information content (AvgIpc) is 2.63. The van der Waals surface area contributed by atoms with Crippen LogP contribution in [0.15, 0.2) is 84.0 Å². The van der Waals surface area contributed by atoms with Gasteiger partial charge in [0.2, 0.25) is 0 Å². The lowest BCUT2D eigenvalue weighted by Gasteiger charge is -2.07. The summed E-state index contributed by atoms with van der Waals surface area (Å²) in [5.41, 5.74) is 5.12. The standard InChI is InChI=1S/C24H20O2/c1-17-7-3-5-9-19(17)11-13-21-15-24(26)22(16-23(21)25)14-12-20-10-6-4-8-18(20)2/h3-16H,1-2H3. The molecule has 2 aromatic carbocycles. The maximum atomic E-state index is 12.4. The van der Waals surface area contributed by atoms with E-state index in [4.69, 9.17) is 0 Å². The second-order valence-corrected chi connectivity index (χ2v) is 6.31. The summed E-state index contributed by atoms with van der Waals surface area (Å²) in [5.74, 6) is -0.308. The van der Waals surface area contributed by atoms with Gasteiger partial charge in [0, 0.05) is 11.1 Å². The van der Waals surface area contributed by atoms with Crippen molar-refractivity contribution in [2.45, 2.75) is 13.8 Å². The molecule has 0 radical (unpaired) electrons. The van der Waals surface area contributed by atoms with Gasteiger partial charge in [0.15, 0.2) is 11.6 Å². The summed E-state index contributed by atoms with van der Waals surface area (Å²) in [5, 5.41) is 0. The Kier molecular flexibility index (Phi) is 5.23. The van der Waals surface area contributed by atoms with Gasteiger partial charge in [-0.2, -0.15) is 0 Å². The fourth-order valence-corrected chi connectivity index (χ4v) is 2.76. The molecule has 2 nitrogen and oxygen atoms in total. The summed E-state index contributed by atoms with van der Waals surface area (Å²) >= 11 is 0. The van der Waals surface area contributed by atoms with Crippen LogP contribution < -0.4 is 0 Å². The molecule has 1 aliphatic rings. The fraction of sp³-hybridized carbons (Fsp3) is 0.0833. The molecule has 0 fully saturated rings. The lowest BCUT2D eigenvalue weighted by molar-refractivity contribution is -0.114. The Labute approximate surface area is 153 Å². The highest BCUT2D eigenvalue weighted by molar-refractivity contribution is 6.22. The van der Waals surface area contributed by atoms with E-state index in [0.29, 0.717) is 11.1 Å². The summed E-state index contributed by atoms with van der Waals surface area (Å²) in [6.07, 6.45) is 9.98. The average molecular weight is 340 g/mol. The second kappa shape index (κ2) is 7.75. The quantitative estimate of drug-likeness (QED) is 0.731. The van der Waals surface area contributed by atoms with Gasteiger partial charge in [-0.1, -0.05) is 72.8 Å². The molecule has 26 heavy (non-hydrogen) atoms. The minimum atomic E-state index is -0.154. The number of hydrogen-bond acceptors (Lipinski definition) is 2. The Morgan fingerprint density at radius 3 is 1.35 bits per heavy atom. The number of hydrogen-bond donors (Lipinski definition) is 0. The first-order chi connectivity index (χ1) is 12.5. The Morgan fingerprint density at radius 1 is 0.577 bits per heavy atom. The fourth-order valence-electron chi connectivity index (χ4n) is 2.76. The minimum absolute atomic E-state index is 0.154. The van der Waals surface area contributed by atoms with Crippen LogP contribution in [0.1, 0.15) is 22.3 Å². The molecule has 0 aromatic heterocycles. The molecule has 0 N–H and O–H groups in total. The molecular formula is C24H20O2. The van der Waals surface area contributed by atoms with E-state index < -0.39 is 0 Å². The van der Waals surface area contributed by atoms with Gasteiger partial charge in [-0.25, -0.2) is 0 Å². The summed E-state index contributed by atoms with van der Waals surface area (Å²) in [6.45, 7) is 4.02. The van der Waals surface area contributed by atoms with Crippen molar-refractivity contribution in [3.8, 4) is 0 Å². The van der Waals surface area contributed by atoms with E-state index in [1.165, 1.54) is 12.2 Å². The van der Waals surface area contributed by atoms with Crippen LogP contribution in [0.4, 0.5) is 0 Å². The molecule has 0 amide bonds. The summed E-state index contributed by atoms with van der Waals surface area (Å²) in [4.78, 5) is 24.7. The normalized spacial score (nSPS) is 14.8. The third kappa shape index (κ3) is 4.04. The van der Waals surface area contributed by atoms with Crippen LogP contribution in [-0.2, 0) is 9.59 Å². The third-order valence-electron chi connectivity index (χ3n) is 4.40. The molecule has 1 aliphatic carbocycles. The smallest absolute Gasteiger partial charge is 0.186 e. The second-order valence-electron chi connectivity index (χ2n) is 6.31. The number of rotatable bonds is 4. The van der Waals surface area contributed by atoms with E-state index in [1.807, 2.05) is 74.5 Å². The van der Waals surface area contributed by atoms with Crippen LogP contribution >= 0.6 is 0 Å². The molecule has 0 spiro atoms. The van der Waals surface area contributed by atoms with E-state index in [-0.39, 0.29) is 11.6 Å². The first-order valence-electron chi connectivity index (χ1n) is 8.54. The summed E-state index contributed by atoms with van der Waals surface area (Å²) in [7, 11) is 0. The van der Waals surface area contributed by atoms with Crippen LogP contribution in [0.3, 0.4) is 0 Å². The van der Waals surface area contributed by atoms with Crippen molar-refractivity contribution in [1.82, 2.24) is 0 Å². The van der Waals surface area contributed by atoms with Gasteiger partial charge < -0.3 is 0 Å². The number of aryl methyl sites for hydroxylation is 2. The molecule has 2 aromatic rings. The van der Waals surface area contributed by atoms with Crippen LogP contribution in [-0.4, -0.2) is 11.6 Å². The molecule has 3 rings (SSSR count). The molecule has 0 unspecified atom stereocenters. The van der Waals surface area contributed by atoms with Gasteiger partial charge in [-0.15, -0.1) is 0 Å². The van der Waals surface area contributed by atoms with Gasteiger partial charge in [0.1, 0.15) is 0 Å². The van der Waals surface area contributed by atoms with Crippen LogP contribution in [0, 0.1) is 13.8 Å². The number of benzene rings is 2. The van der Waals surface area contributed by atoms with Gasteiger partial charge >= 0.3 is 0 Å². The predicted octanol–water partition coefficient (Wildman–Crippen LogP) is 5.03. The van der Waals surface area contributed by atoms with Gasteiger partial charge in [-0.05, 0) is 48.3 Å². The lowest BCUT2D eigenvalue weighted by atomic mass is 9.95. The number of carbonyl (C=O) groups excluding carboxylic acids is 2. The molecule has 0 saturated carbocycles. The zero-order valence-corrected chi connectivity index (χ0v) is 14.9. The highest BCUT2D eigenvalue weighted by Crippen LogP contribution is 2.18. The van der Waals surface area contributed by atoms with Crippen molar-refractivity contribution in [2.24, 2.45) is 0 Å². The molecule has 2 heteroatoms. The maximum Gasteiger partial charge on any atom is 0.186 e. The summed E-state index contributed by atoms with van der Waals surface area (Å²) < 4.78 is 0.